The number of aromatic nitrogens is 1. The smallest absolute Gasteiger partial charge is 0.234 e. The van der Waals surface area contributed by atoms with Gasteiger partial charge in [-0.3, -0.25) is 9.69 Å². The molecule has 2 aromatic carbocycles. The number of carbonyl (C=O) groups is 1. The number of benzene rings is 2. The number of fused-ring (bicyclic) bond motifs is 1. The van der Waals surface area contributed by atoms with Crippen molar-refractivity contribution in [3.63, 3.8) is 0 Å². The first-order chi connectivity index (χ1) is 14.2. The molecule has 5 nitrogen and oxygen atoms in total. The highest BCUT2D eigenvalue weighted by Gasteiger charge is 2.23. The SMILES string of the molecule is Cc1cccc(OCCNC(=O)CN2CCC(c3c[nH]c4ccccc34)CC2)c1. The Labute approximate surface area is 172 Å². The Bertz CT molecular complexity index is 957. The number of likely N-dealkylation sites (tertiary alicyclic amines) is 1. The van der Waals surface area contributed by atoms with E-state index in [0.717, 1.165) is 31.7 Å². The molecule has 2 heterocycles. The van der Waals surface area contributed by atoms with Crippen molar-refractivity contribution in [3.8, 4) is 5.75 Å². The van der Waals surface area contributed by atoms with Crippen LogP contribution in [0.5, 0.6) is 5.75 Å². The van der Waals surface area contributed by atoms with Crippen molar-refractivity contribution in [1.82, 2.24) is 15.2 Å². The van der Waals surface area contributed by atoms with E-state index in [2.05, 4.69) is 45.7 Å². The van der Waals surface area contributed by atoms with Crippen molar-refractivity contribution in [3.05, 3.63) is 65.9 Å². The fraction of sp³-hybridized carbons (Fsp3) is 0.375. The van der Waals surface area contributed by atoms with Gasteiger partial charge in [0.1, 0.15) is 12.4 Å². The molecule has 0 bridgehead atoms. The van der Waals surface area contributed by atoms with Crippen LogP contribution in [0.2, 0.25) is 0 Å². The second-order valence-corrected chi connectivity index (χ2v) is 7.85. The van der Waals surface area contributed by atoms with Gasteiger partial charge in [-0.15, -0.1) is 0 Å². The predicted octanol–water partition coefficient (Wildman–Crippen LogP) is 3.85. The highest BCUT2D eigenvalue weighted by Crippen LogP contribution is 2.32. The molecule has 0 radical (unpaired) electrons. The van der Waals surface area contributed by atoms with Gasteiger partial charge >= 0.3 is 0 Å². The molecule has 1 fully saturated rings. The van der Waals surface area contributed by atoms with E-state index in [1.54, 1.807) is 0 Å². The Kier molecular flexibility index (Phi) is 6.15. The number of amides is 1. The highest BCUT2D eigenvalue weighted by molar-refractivity contribution is 5.83. The Balaban J connectivity index is 1.18. The van der Waals surface area contributed by atoms with E-state index in [1.807, 2.05) is 31.2 Å². The minimum atomic E-state index is 0.0726. The van der Waals surface area contributed by atoms with Gasteiger partial charge in [-0.05, 0) is 68.1 Å². The molecular formula is C24H29N3O2. The molecular weight excluding hydrogens is 362 g/mol. The first kappa shape index (κ1) is 19.5. The van der Waals surface area contributed by atoms with Crippen LogP contribution in [0.15, 0.2) is 54.7 Å². The van der Waals surface area contributed by atoms with E-state index in [4.69, 9.17) is 4.74 Å². The summed E-state index contributed by atoms with van der Waals surface area (Å²) in [5, 5.41) is 4.30. The molecule has 1 saturated heterocycles. The topological polar surface area (TPSA) is 57.4 Å². The molecule has 3 aromatic rings. The summed E-state index contributed by atoms with van der Waals surface area (Å²) in [5.41, 5.74) is 3.79. The van der Waals surface area contributed by atoms with Gasteiger partial charge in [0.25, 0.3) is 0 Å². The maximum Gasteiger partial charge on any atom is 0.234 e. The van der Waals surface area contributed by atoms with Crippen LogP contribution in [0, 0.1) is 6.92 Å². The molecule has 1 aromatic heterocycles. The van der Waals surface area contributed by atoms with Crippen molar-refractivity contribution in [2.24, 2.45) is 0 Å². The third-order valence-corrected chi connectivity index (χ3v) is 5.70. The van der Waals surface area contributed by atoms with Crippen molar-refractivity contribution in [1.29, 1.82) is 0 Å². The summed E-state index contributed by atoms with van der Waals surface area (Å²) in [7, 11) is 0. The number of piperidine rings is 1. The summed E-state index contributed by atoms with van der Waals surface area (Å²) < 4.78 is 5.69. The number of aromatic amines is 1. The minimum absolute atomic E-state index is 0.0726. The van der Waals surface area contributed by atoms with Gasteiger partial charge in [-0.1, -0.05) is 30.3 Å². The fourth-order valence-corrected chi connectivity index (χ4v) is 4.16. The number of H-pyrrole nitrogens is 1. The average Bonchev–Trinajstić information content (AvgIpc) is 3.16. The number of hydrogen-bond acceptors (Lipinski definition) is 3. The number of carbonyl (C=O) groups excluding carboxylic acids is 1. The maximum absolute atomic E-state index is 12.2. The van der Waals surface area contributed by atoms with Gasteiger partial charge in [0.2, 0.25) is 5.91 Å². The largest absolute Gasteiger partial charge is 0.492 e. The van der Waals surface area contributed by atoms with E-state index in [-0.39, 0.29) is 5.91 Å². The summed E-state index contributed by atoms with van der Waals surface area (Å²) >= 11 is 0. The molecule has 5 heteroatoms. The van der Waals surface area contributed by atoms with Gasteiger partial charge in [-0.2, -0.15) is 0 Å². The lowest BCUT2D eigenvalue weighted by Gasteiger charge is -2.31. The zero-order chi connectivity index (χ0) is 20.1. The third kappa shape index (κ3) is 4.98. The van der Waals surface area contributed by atoms with Gasteiger partial charge in [0, 0.05) is 17.1 Å². The van der Waals surface area contributed by atoms with Crippen LogP contribution in [-0.4, -0.2) is 48.6 Å². The summed E-state index contributed by atoms with van der Waals surface area (Å²) in [5.74, 6) is 1.48. The maximum atomic E-state index is 12.2. The standard InChI is InChI=1S/C24H29N3O2/c1-18-5-4-6-20(15-18)29-14-11-25-24(28)17-27-12-9-19(10-13-27)22-16-26-23-8-3-2-7-21(22)23/h2-8,15-16,19,26H,9-14,17H2,1H3,(H,25,28). The van der Waals surface area contributed by atoms with Crippen LogP contribution in [-0.2, 0) is 4.79 Å². The van der Waals surface area contributed by atoms with E-state index in [0.29, 0.717) is 25.6 Å². The summed E-state index contributed by atoms with van der Waals surface area (Å²) in [4.78, 5) is 17.9. The van der Waals surface area contributed by atoms with Crippen molar-refractivity contribution < 1.29 is 9.53 Å². The van der Waals surface area contributed by atoms with Crippen molar-refractivity contribution in [2.75, 3.05) is 32.8 Å². The lowest BCUT2D eigenvalue weighted by Crippen LogP contribution is -2.42. The minimum Gasteiger partial charge on any atom is -0.492 e. The highest BCUT2D eigenvalue weighted by atomic mass is 16.5. The van der Waals surface area contributed by atoms with Crippen LogP contribution >= 0.6 is 0 Å². The Morgan fingerprint density at radius 3 is 2.83 bits per heavy atom. The molecule has 0 aliphatic carbocycles. The first-order valence-corrected chi connectivity index (χ1v) is 10.4. The van der Waals surface area contributed by atoms with Gasteiger partial charge in [-0.25, -0.2) is 0 Å². The molecule has 2 N–H and O–H groups in total. The van der Waals surface area contributed by atoms with Gasteiger partial charge < -0.3 is 15.0 Å². The van der Waals surface area contributed by atoms with Crippen LogP contribution in [0.3, 0.4) is 0 Å². The van der Waals surface area contributed by atoms with Crippen LogP contribution in [0.25, 0.3) is 10.9 Å². The zero-order valence-corrected chi connectivity index (χ0v) is 17.0. The first-order valence-electron chi connectivity index (χ1n) is 10.4. The quantitative estimate of drug-likeness (QED) is 0.602. The number of nitrogens with zero attached hydrogens (tertiary/aromatic N) is 1. The average molecular weight is 392 g/mol. The van der Waals surface area contributed by atoms with Gasteiger partial charge in [0.05, 0.1) is 13.1 Å². The number of aryl methyl sites for hydroxylation is 1. The van der Waals surface area contributed by atoms with Crippen molar-refractivity contribution in [2.45, 2.75) is 25.7 Å². The lowest BCUT2D eigenvalue weighted by atomic mass is 9.89. The number of para-hydroxylation sites is 1. The molecule has 4 rings (SSSR count). The Hall–Kier alpha value is -2.79. The van der Waals surface area contributed by atoms with Crippen molar-refractivity contribution >= 4 is 16.8 Å². The number of ether oxygens (including phenoxy) is 1. The molecule has 0 unspecified atom stereocenters. The normalized spacial score (nSPS) is 15.5. The summed E-state index contributed by atoms with van der Waals surface area (Å²) in [6.07, 6.45) is 4.34. The van der Waals surface area contributed by atoms with Gasteiger partial charge in [0.15, 0.2) is 0 Å². The molecule has 0 saturated carbocycles. The van der Waals surface area contributed by atoms with Crippen LogP contribution in [0.1, 0.15) is 29.9 Å². The summed E-state index contributed by atoms with van der Waals surface area (Å²) in [6.45, 7) is 5.42. The molecule has 1 aliphatic heterocycles. The lowest BCUT2D eigenvalue weighted by molar-refractivity contribution is -0.122. The molecule has 0 spiro atoms. The van der Waals surface area contributed by atoms with E-state index in [9.17, 15) is 4.79 Å². The zero-order valence-electron chi connectivity index (χ0n) is 17.0. The van der Waals surface area contributed by atoms with Crippen LogP contribution < -0.4 is 10.1 Å². The van der Waals surface area contributed by atoms with E-state index >= 15 is 0 Å². The molecule has 1 amide bonds. The molecule has 1 aliphatic rings. The molecule has 0 atom stereocenters. The summed E-state index contributed by atoms with van der Waals surface area (Å²) in [6, 6.07) is 16.4. The third-order valence-electron chi connectivity index (χ3n) is 5.70. The van der Waals surface area contributed by atoms with E-state index in [1.165, 1.54) is 22.0 Å². The molecule has 29 heavy (non-hydrogen) atoms. The number of nitrogens with one attached hydrogen (secondary N) is 2. The Morgan fingerprint density at radius 2 is 2.00 bits per heavy atom. The Morgan fingerprint density at radius 1 is 1.17 bits per heavy atom. The van der Waals surface area contributed by atoms with E-state index < -0.39 is 0 Å². The second kappa shape index (κ2) is 9.14. The number of rotatable bonds is 7. The predicted molar refractivity (Wildman–Crippen MR) is 116 cm³/mol. The fourth-order valence-electron chi connectivity index (χ4n) is 4.16. The molecule has 152 valence electrons. The second-order valence-electron chi connectivity index (χ2n) is 7.85. The van der Waals surface area contributed by atoms with Crippen LogP contribution in [0.4, 0.5) is 0 Å². The number of hydrogen-bond donors (Lipinski definition) is 2. The monoisotopic (exact) mass is 391 g/mol.